The highest BCUT2D eigenvalue weighted by Gasteiger charge is 2.52. The van der Waals surface area contributed by atoms with Gasteiger partial charge in [0.25, 0.3) is 6.71 Å². The lowest BCUT2D eigenvalue weighted by Gasteiger charge is -2.57. The Morgan fingerprint density at radius 3 is 1.57 bits per heavy atom. The summed E-state index contributed by atoms with van der Waals surface area (Å²) in [6.45, 7) is 0.143. The lowest BCUT2D eigenvalue weighted by molar-refractivity contribution is -0.00516. The van der Waals surface area contributed by atoms with Crippen molar-refractivity contribution in [2.24, 2.45) is 17.8 Å². The SMILES string of the molecule is c1ccc(-c2cc3c4c(c2)N(c2cccc(C56CC7CC(CC(C7)C5)C6)c2)c2ccccc2B4c2ccccc2N3c2ccccc2)cc1. The van der Waals surface area contributed by atoms with Gasteiger partial charge in [0.1, 0.15) is 0 Å². The van der Waals surface area contributed by atoms with E-state index in [0.717, 1.165) is 17.8 Å². The predicted octanol–water partition coefficient (Wildman–Crippen LogP) is 9.90. The molecule has 49 heavy (non-hydrogen) atoms. The molecule has 4 bridgehead atoms. The van der Waals surface area contributed by atoms with Crippen LogP contribution in [0.3, 0.4) is 0 Å². The average molecular weight is 631 g/mol. The Bertz CT molecular complexity index is 2210. The van der Waals surface area contributed by atoms with Gasteiger partial charge in [-0.2, -0.15) is 0 Å². The fourth-order valence-corrected chi connectivity index (χ4v) is 11.3. The first kappa shape index (κ1) is 27.9. The molecular formula is C46H39BN2. The minimum Gasteiger partial charge on any atom is -0.311 e. The molecular weight excluding hydrogens is 591 g/mol. The standard InChI is InChI=1S/C46H39BN2/c1-3-12-34(13-4-1)35-25-43-45-44(26-35)49(38-17-11-14-36(27-38)46-28-31-22-32(29-46)24-33(23-31)30-46)42-21-10-8-19-40(42)47(45)39-18-7-9-20-41(39)48(43)37-15-5-2-6-16-37/h1-21,25-27,31-33H,22-24,28-30H2. The highest BCUT2D eigenvalue weighted by molar-refractivity contribution is 7.00. The summed E-state index contributed by atoms with van der Waals surface area (Å²) in [5.41, 5.74) is 16.1. The van der Waals surface area contributed by atoms with Gasteiger partial charge in [-0.25, -0.2) is 0 Å². The number of nitrogens with zero attached hydrogens (tertiary/aromatic N) is 2. The maximum atomic E-state index is 2.61. The number of hydrogen-bond donors (Lipinski definition) is 0. The molecule has 4 fully saturated rings. The van der Waals surface area contributed by atoms with Crippen molar-refractivity contribution < 1.29 is 0 Å². The van der Waals surface area contributed by atoms with Gasteiger partial charge in [0.15, 0.2) is 0 Å². The topological polar surface area (TPSA) is 6.48 Å². The fraction of sp³-hybridized carbons (Fsp3) is 0.217. The lowest BCUT2D eigenvalue weighted by Crippen LogP contribution is -2.61. The summed E-state index contributed by atoms with van der Waals surface area (Å²) in [6, 6.07) is 54.9. The summed E-state index contributed by atoms with van der Waals surface area (Å²) >= 11 is 0. The molecule has 0 amide bonds. The van der Waals surface area contributed by atoms with Gasteiger partial charge in [-0.3, -0.25) is 0 Å². The minimum absolute atomic E-state index is 0.143. The molecule has 0 spiro atoms. The number of para-hydroxylation sites is 3. The maximum absolute atomic E-state index is 2.61. The van der Waals surface area contributed by atoms with Crippen LogP contribution in [0, 0.1) is 17.8 Å². The fourth-order valence-electron chi connectivity index (χ4n) is 11.3. The van der Waals surface area contributed by atoms with E-state index in [2.05, 4.69) is 155 Å². The molecule has 2 nitrogen and oxygen atoms in total. The third-order valence-electron chi connectivity index (χ3n) is 12.8. The molecule has 6 aromatic carbocycles. The summed E-state index contributed by atoms with van der Waals surface area (Å²) in [7, 11) is 0. The Kier molecular flexibility index (Phi) is 5.97. The molecule has 2 heterocycles. The minimum atomic E-state index is 0.143. The Morgan fingerprint density at radius 2 is 0.959 bits per heavy atom. The van der Waals surface area contributed by atoms with Gasteiger partial charge in [-0.1, -0.05) is 97.1 Å². The van der Waals surface area contributed by atoms with Gasteiger partial charge < -0.3 is 9.80 Å². The van der Waals surface area contributed by atoms with E-state index in [9.17, 15) is 0 Å². The third-order valence-corrected chi connectivity index (χ3v) is 12.8. The molecule has 4 saturated carbocycles. The number of rotatable bonds is 4. The van der Waals surface area contributed by atoms with Crippen molar-refractivity contribution in [2.75, 3.05) is 9.80 Å². The summed E-state index contributed by atoms with van der Waals surface area (Å²) in [4.78, 5) is 5.12. The van der Waals surface area contributed by atoms with E-state index in [1.165, 1.54) is 100 Å². The summed E-state index contributed by atoms with van der Waals surface area (Å²) < 4.78 is 0. The van der Waals surface area contributed by atoms with Crippen LogP contribution in [0.4, 0.5) is 34.1 Å². The normalized spacial score (nSPS) is 24.0. The van der Waals surface area contributed by atoms with Crippen LogP contribution in [0.5, 0.6) is 0 Å². The molecule has 4 aliphatic carbocycles. The molecule has 6 aliphatic rings. The lowest BCUT2D eigenvalue weighted by atomic mass is 9.33. The average Bonchev–Trinajstić information content (AvgIpc) is 3.15. The van der Waals surface area contributed by atoms with Crippen molar-refractivity contribution in [3.63, 3.8) is 0 Å². The van der Waals surface area contributed by atoms with E-state index in [1.54, 1.807) is 5.56 Å². The number of anilines is 6. The summed E-state index contributed by atoms with van der Waals surface area (Å²) in [5, 5.41) is 0. The van der Waals surface area contributed by atoms with Crippen molar-refractivity contribution in [3.8, 4) is 11.1 Å². The smallest absolute Gasteiger partial charge is 0.252 e. The molecule has 0 atom stereocenters. The van der Waals surface area contributed by atoms with Crippen LogP contribution >= 0.6 is 0 Å². The van der Waals surface area contributed by atoms with Gasteiger partial charge in [-0.15, -0.1) is 0 Å². The summed E-state index contributed by atoms with van der Waals surface area (Å²) in [6.07, 6.45) is 8.54. The Balaban J connectivity index is 1.18. The van der Waals surface area contributed by atoms with Crippen molar-refractivity contribution in [1.82, 2.24) is 0 Å². The highest BCUT2D eigenvalue weighted by Crippen LogP contribution is 2.61. The molecule has 3 heteroatoms. The van der Waals surface area contributed by atoms with E-state index in [-0.39, 0.29) is 6.71 Å². The number of benzene rings is 6. The maximum Gasteiger partial charge on any atom is 0.252 e. The first-order valence-corrected chi connectivity index (χ1v) is 18.4. The van der Waals surface area contributed by atoms with Gasteiger partial charge >= 0.3 is 0 Å². The van der Waals surface area contributed by atoms with Gasteiger partial charge in [-0.05, 0) is 143 Å². The molecule has 0 saturated heterocycles. The second-order valence-corrected chi connectivity index (χ2v) is 15.6. The van der Waals surface area contributed by atoms with Gasteiger partial charge in [0.05, 0.1) is 0 Å². The number of hydrogen-bond acceptors (Lipinski definition) is 2. The zero-order valence-corrected chi connectivity index (χ0v) is 27.8. The quantitative estimate of drug-likeness (QED) is 0.179. The Morgan fingerprint density at radius 1 is 0.449 bits per heavy atom. The van der Waals surface area contributed by atoms with Crippen LogP contribution in [-0.2, 0) is 5.41 Å². The molecule has 2 aliphatic heterocycles. The van der Waals surface area contributed by atoms with E-state index in [4.69, 9.17) is 0 Å². The van der Waals surface area contributed by atoms with Crippen LogP contribution in [0.2, 0.25) is 0 Å². The van der Waals surface area contributed by atoms with Crippen LogP contribution in [0.1, 0.15) is 44.1 Å². The zero-order valence-electron chi connectivity index (χ0n) is 27.8. The van der Waals surface area contributed by atoms with Crippen molar-refractivity contribution >= 4 is 57.2 Å². The van der Waals surface area contributed by atoms with Crippen molar-refractivity contribution in [1.29, 1.82) is 0 Å². The van der Waals surface area contributed by atoms with Crippen LogP contribution < -0.4 is 26.2 Å². The highest BCUT2D eigenvalue weighted by atomic mass is 15.2. The second-order valence-electron chi connectivity index (χ2n) is 15.6. The van der Waals surface area contributed by atoms with Crippen LogP contribution in [-0.4, -0.2) is 6.71 Å². The first-order valence-electron chi connectivity index (χ1n) is 18.4. The second kappa shape index (κ2) is 10.5. The van der Waals surface area contributed by atoms with Crippen molar-refractivity contribution in [2.45, 2.75) is 43.9 Å². The number of fused-ring (bicyclic) bond motifs is 4. The third kappa shape index (κ3) is 4.14. The molecule has 0 radical (unpaired) electrons. The van der Waals surface area contributed by atoms with Gasteiger partial charge in [0.2, 0.25) is 0 Å². The molecule has 0 N–H and O–H groups in total. The molecule has 6 aromatic rings. The van der Waals surface area contributed by atoms with E-state index in [0.29, 0.717) is 5.41 Å². The van der Waals surface area contributed by atoms with E-state index >= 15 is 0 Å². The molecule has 236 valence electrons. The largest absolute Gasteiger partial charge is 0.311 e. The predicted molar refractivity (Wildman–Crippen MR) is 206 cm³/mol. The van der Waals surface area contributed by atoms with Crippen LogP contribution in [0.25, 0.3) is 11.1 Å². The van der Waals surface area contributed by atoms with Crippen molar-refractivity contribution in [3.05, 3.63) is 151 Å². The summed E-state index contributed by atoms with van der Waals surface area (Å²) in [5.74, 6) is 2.76. The first-order chi connectivity index (χ1) is 24.2. The van der Waals surface area contributed by atoms with Gasteiger partial charge in [0, 0.05) is 34.1 Å². The zero-order chi connectivity index (χ0) is 32.1. The van der Waals surface area contributed by atoms with E-state index < -0.39 is 0 Å². The molecule has 0 unspecified atom stereocenters. The molecule has 0 aromatic heterocycles. The van der Waals surface area contributed by atoms with E-state index in [1.807, 2.05) is 0 Å². The molecule has 12 rings (SSSR count). The Hall–Kier alpha value is -5.02. The van der Waals surface area contributed by atoms with Crippen LogP contribution in [0.15, 0.2) is 146 Å². The monoisotopic (exact) mass is 630 g/mol. The Labute approximate surface area is 290 Å².